The Hall–Kier alpha value is -1.13. The highest BCUT2D eigenvalue weighted by Crippen LogP contribution is 2.24. The molecule has 1 N–H and O–H groups in total. The van der Waals surface area contributed by atoms with Crippen molar-refractivity contribution in [3.05, 3.63) is 62.5 Å². The Bertz CT molecular complexity index is 594. The highest BCUT2D eigenvalue weighted by molar-refractivity contribution is 9.10. The van der Waals surface area contributed by atoms with Crippen LogP contribution < -0.4 is 5.32 Å². The molecule has 0 fully saturated rings. The van der Waals surface area contributed by atoms with Gasteiger partial charge in [0.05, 0.1) is 5.69 Å². The van der Waals surface area contributed by atoms with Gasteiger partial charge in [-0.15, -0.1) is 0 Å². The summed E-state index contributed by atoms with van der Waals surface area (Å²) in [6, 6.07) is 13.2. The monoisotopic (exact) mass is 381 g/mol. The number of rotatable bonds is 3. The maximum Gasteiger partial charge on any atom is 0.255 e. The number of anilines is 1. The lowest BCUT2D eigenvalue weighted by atomic mass is 10.1. The van der Waals surface area contributed by atoms with E-state index in [0.29, 0.717) is 5.56 Å². The molecule has 0 saturated carbocycles. The van der Waals surface area contributed by atoms with Crippen LogP contribution in [0.5, 0.6) is 0 Å². The van der Waals surface area contributed by atoms with Gasteiger partial charge < -0.3 is 5.32 Å². The number of halogens is 2. The molecule has 0 spiro atoms. The van der Waals surface area contributed by atoms with Crippen molar-refractivity contribution < 1.29 is 4.79 Å². The molecule has 1 amide bonds. The van der Waals surface area contributed by atoms with Gasteiger partial charge in [0.15, 0.2) is 0 Å². The lowest BCUT2D eigenvalue weighted by molar-refractivity contribution is 0.102. The van der Waals surface area contributed by atoms with Crippen LogP contribution in [0.15, 0.2) is 51.4 Å². The molecule has 2 rings (SSSR count). The Kier molecular flexibility index (Phi) is 4.77. The van der Waals surface area contributed by atoms with Crippen LogP contribution in [0.25, 0.3) is 0 Å². The van der Waals surface area contributed by atoms with Gasteiger partial charge in [0.2, 0.25) is 0 Å². The molecule has 19 heavy (non-hydrogen) atoms. The molecule has 0 aromatic heterocycles. The number of amides is 1. The summed E-state index contributed by atoms with van der Waals surface area (Å²) in [5, 5.41) is 2.90. The third-order valence-corrected chi connectivity index (χ3v) is 3.98. The molecule has 0 saturated heterocycles. The Morgan fingerprint density at radius 1 is 1.11 bits per heavy atom. The van der Waals surface area contributed by atoms with Gasteiger partial charge >= 0.3 is 0 Å². The zero-order valence-corrected chi connectivity index (χ0v) is 13.6. The minimum Gasteiger partial charge on any atom is -0.321 e. The second-order valence-corrected chi connectivity index (χ2v) is 5.90. The Balaban J connectivity index is 2.17. The topological polar surface area (TPSA) is 29.1 Å². The summed E-state index contributed by atoms with van der Waals surface area (Å²) in [6.45, 7) is 2.10. The first-order valence-corrected chi connectivity index (χ1v) is 7.54. The van der Waals surface area contributed by atoms with Gasteiger partial charge in [0, 0.05) is 14.5 Å². The molecular weight excluding hydrogens is 370 g/mol. The van der Waals surface area contributed by atoms with Crippen molar-refractivity contribution in [2.75, 3.05) is 5.32 Å². The lowest BCUT2D eigenvalue weighted by Crippen LogP contribution is -2.12. The summed E-state index contributed by atoms with van der Waals surface area (Å²) in [5.41, 5.74) is 2.65. The van der Waals surface area contributed by atoms with E-state index < -0.39 is 0 Å². The standard InChI is InChI=1S/C15H13Br2NO/c1-2-10-3-8-14(13(17)9-10)18-15(19)11-4-6-12(16)7-5-11/h3-9H,2H2,1H3,(H,18,19). The maximum atomic E-state index is 12.1. The fraction of sp³-hybridized carbons (Fsp3) is 0.133. The zero-order valence-electron chi connectivity index (χ0n) is 10.4. The van der Waals surface area contributed by atoms with Crippen LogP contribution in [-0.2, 0) is 6.42 Å². The van der Waals surface area contributed by atoms with Crippen LogP contribution in [0, 0.1) is 0 Å². The Labute approximate surface area is 129 Å². The van der Waals surface area contributed by atoms with Gasteiger partial charge in [0.1, 0.15) is 0 Å². The molecule has 0 aliphatic rings. The van der Waals surface area contributed by atoms with Gasteiger partial charge in [0.25, 0.3) is 5.91 Å². The summed E-state index contributed by atoms with van der Waals surface area (Å²) < 4.78 is 1.86. The van der Waals surface area contributed by atoms with E-state index in [9.17, 15) is 4.79 Å². The van der Waals surface area contributed by atoms with Crippen LogP contribution in [0.3, 0.4) is 0 Å². The zero-order chi connectivity index (χ0) is 13.8. The number of benzene rings is 2. The van der Waals surface area contributed by atoms with Gasteiger partial charge in [-0.05, 0) is 64.3 Å². The minimum atomic E-state index is -0.113. The predicted octanol–water partition coefficient (Wildman–Crippen LogP) is 5.03. The Morgan fingerprint density at radius 3 is 2.37 bits per heavy atom. The van der Waals surface area contributed by atoms with Crippen LogP contribution in [0.4, 0.5) is 5.69 Å². The molecule has 4 heteroatoms. The van der Waals surface area contributed by atoms with Crippen molar-refractivity contribution in [1.82, 2.24) is 0 Å². The molecule has 0 unspecified atom stereocenters. The van der Waals surface area contributed by atoms with E-state index in [2.05, 4.69) is 44.1 Å². The fourth-order valence-electron chi connectivity index (χ4n) is 1.68. The molecule has 2 nitrogen and oxygen atoms in total. The maximum absolute atomic E-state index is 12.1. The van der Waals surface area contributed by atoms with Gasteiger partial charge in [-0.1, -0.05) is 28.9 Å². The molecule has 0 atom stereocenters. The average Bonchev–Trinajstić information content (AvgIpc) is 2.41. The number of carbonyl (C=O) groups excluding carboxylic acids is 1. The molecule has 0 radical (unpaired) electrons. The normalized spacial score (nSPS) is 10.3. The van der Waals surface area contributed by atoms with Crippen molar-refractivity contribution >= 4 is 43.5 Å². The predicted molar refractivity (Wildman–Crippen MR) is 85.6 cm³/mol. The van der Waals surface area contributed by atoms with Crippen molar-refractivity contribution in [2.24, 2.45) is 0 Å². The number of hydrogen-bond acceptors (Lipinski definition) is 1. The summed E-state index contributed by atoms with van der Waals surface area (Å²) >= 11 is 6.83. The average molecular weight is 383 g/mol. The molecule has 0 bridgehead atoms. The smallest absolute Gasteiger partial charge is 0.255 e. The number of nitrogens with one attached hydrogen (secondary N) is 1. The first-order valence-electron chi connectivity index (χ1n) is 5.95. The van der Waals surface area contributed by atoms with Crippen molar-refractivity contribution in [3.63, 3.8) is 0 Å². The van der Waals surface area contributed by atoms with Crippen LogP contribution in [-0.4, -0.2) is 5.91 Å². The van der Waals surface area contributed by atoms with Gasteiger partial charge in [-0.3, -0.25) is 4.79 Å². The number of aryl methyl sites for hydroxylation is 1. The first-order chi connectivity index (χ1) is 9.10. The second kappa shape index (κ2) is 6.35. The highest BCUT2D eigenvalue weighted by Gasteiger charge is 2.08. The summed E-state index contributed by atoms with van der Waals surface area (Å²) in [4.78, 5) is 12.1. The minimum absolute atomic E-state index is 0.113. The van der Waals surface area contributed by atoms with Gasteiger partial charge in [-0.2, -0.15) is 0 Å². The summed E-state index contributed by atoms with van der Waals surface area (Å²) in [6.07, 6.45) is 0.972. The van der Waals surface area contributed by atoms with E-state index in [0.717, 1.165) is 21.1 Å². The SMILES string of the molecule is CCc1ccc(NC(=O)c2ccc(Br)cc2)c(Br)c1. The summed E-state index contributed by atoms with van der Waals surface area (Å²) in [7, 11) is 0. The lowest BCUT2D eigenvalue weighted by Gasteiger charge is -2.09. The van der Waals surface area contributed by atoms with E-state index in [1.54, 1.807) is 12.1 Å². The molecular formula is C15H13Br2NO. The fourth-order valence-corrected chi connectivity index (χ4v) is 2.47. The Morgan fingerprint density at radius 2 is 1.79 bits per heavy atom. The van der Waals surface area contributed by atoms with Crippen molar-refractivity contribution in [1.29, 1.82) is 0 Å². The quantitative estimate of drug-likeness (QED) is 0.792. The highest BCUT2D eigenvalue weighted by atomic mass is 79.9. The molecule has 0 aliphatic carbocycles. The molecule has 98 valence electrons. The molecule has 2 aromatic rings. The number of hydrogen-bond donors (Lipinski definition) is 1. The largest absolute Gasteiger partial charge is 0.321 e. The summed E-state index contributed by atoms with van der Waals surface area (Å²) in [5.74, 6) is -0.113. The van der Waals surface area contributed by atoms with E-state index in [-0.39, 0.29) is 5.91 Å². The first kappa shape index (κ1) is 14.3. The van der Waals surface area contributed by atoms with E-state index >= 15 is 0 Å². The molecule has 2 aromatic carbocycles. The second-order valence-electron chi connectivity index (χ2n) is 4.13. The molecule has 0 aliphatic heterocycles. The third kappa shape index (κ3) is 3.67. The van der Waals surface area contributed by atoms with E-state index in [1.807, 2.05) is 30.3 Å². The van der Waals surface area contributed by atoms with Crippen LogP contribution in [0.1, 0.15) is 22.8 Å². The van der Waals surface area contributed by atoms with Crippen molar-refractivity contribution in [2.45, 2.75) is 13.3 Å². The third-order valence-electron chi connectivity index (χ3n) is 2.80. The van der Waals surface area contributed by atoms with Gasteiger partial charge in [-0.25, -0.2) is 0 Å². The number of carbonyl (C=O) groups is 1. The van der Waals surface area contributed by atoms with Crippen LogP contribution >= 0.6 is 31.9 Å². The van der Waals surface area contributed by atoms with E-state index in [1.165, 1.54) is 5.56 Å². The molecule has 0 heterocycles. The van der Waals surface area contributed by atoms with Crippen molar-refractivity contribution in [3.8, 4) is 0 Å². The van der Waals surface area contributed by atoms with E-state index in [4.69, 9.17) is 0 Å². The van der Waals surface area contributed by atoms with Crippen LogP contribution in [0.2, 0.25) is 0 Å².